The Bertz CT molecular complexity index is 355. The second-order valence-electron chi connectivity index (χ2n) is 3.90. The van der Waals surface area contributed by atoms with Crippen molar-refractivity contribution < 1.29 is 9.47 Å². The van der Waals surface area contributed by atoms with Crippen molar-refractivity contribution in [2.24, 2.45) is 5.73 Å². The van der Waals surface area contributed by atoms with Crippen molar-refractivity contribution in [2.75, 3.05) is 13.2 Å². The van der Waals surface area contributed by atoms with Crippen LogP contribution in [0.4, 0.5) is 0 Å². The Labute approximate surface area is 104 Å². The number of nitrogens with two attached hydrogens (primary N) is 1. The summed E-state index contributed by atoms with van der Waals surface area (Å²) in [5.41, 5.74) is 6.65. The van der Waals surface area contributed by atoms with Gasteiger partial charge in [0.2, 0.25) is 0 Å². The molecule has 4 heteroatoms. The Kier molecular flexibility index (Phi) is 3.64. The lowest BCUT2D eigenvalue weighted by molar-refractivity contribution is -0.177. The van der Waals surface area contributed by atoms with E-state index in [4.69, 9.17) is 15.2 Å². The third kappa shape index (κ3) is 2.15. The molecule has 2 unspecified atom stereocenters. The van der Waals surface area contributed by atoms with Crippen LogP contribution in [0.25, 0.3) is 0 Å². The summed E-state index contributed by atoms with van der Waals surface area (Å²) in [6, 6.07) is 8.03. The van der Waals surface area contributed by atoms with E-state index >= 15 is 0 Å². The number of rotatable bonds is 3. The van der Waals surface area contributed by atoms with Crippen LogP contribution in [0.2, 0.25) is 0 Å². The molecular weight excluding hydrogens is 270 g/mol. The molecule has 1 aromatic rings. The van der Waals surface area contributed by atoms with Crippen LogP contribution in [0.5, 0.6) is 0 Å². The zero-order valence-corrected chi connectivity index (χ0v) is 10.9. The summed E-state index contributed by atoms with van der Waals surface area (Å²) in [4.78, 5) is 0. The van der Waals surface area contributed by atoms with E-state index in [1.165, 1.54) is 0 Å². The van der Waals surface area contributed by atoms with Crippen molar-refractivity contribution in [3.8, 4) is 0 Å². The minimum Gasteiger partial charge on any atom is -0.343 e. The maximum absolute atomic E-state index is 5.91. The number of hydrogen-bond donors (Lipinski definition) is 1. The van der Waals surface area contributed by atoms with Crippen LogP contribution in [0.1, 0.15) is 18.9 Å². The third-order valence-corrected chi connectivity index (χ3v) is 3.40. The molecule has 16 heavy (non-hydrogen) atoms. The number of halogens is 1. The number of hydrogen-bond acceptors (Lipinski definition) is 3. The van der Waals surface area contributed by atoms with Crippen molar-refractivity contribution in [2.45, 2.75) is 25.2 Å². The molecule has 0 bridgehead atoms. The Morgan fingerprint density at radius 3 is 2.62 bits per heavy atom. The van der Waals surface area contributed by atoms with Gasteiger partial charge in [-0.3, -0.25) is 0 Å². The summed E-state index contributed by atoms with van der Waals surface area (Å²) < 4.78 is 12.8. The fraction of sp³-hybridized carbons (Fsp3) is 0.500. The first kappa shape index (κ1) is 12.0. The zero-order valence-electron chi connectivity index (χ0n) is 9.28. The molecule has 2 rings (SSSR count). The topological polar surface area (TPSA) is 44.5 Å². The second-order valence-corrected chi connectivity index (χ2v) is 4.82. The molecule has 3 nitrogen and oxygen atoms in total. The molecule has 1 aliphatic heterocycles. The first-order chi connectivity index (χ1) is 7.70. The molecule has 0 aliphatic carbocycles. The van der Waals surface area contributed by atoms with Gasteiger partial charge in [-0.1, -0.05) is 35.0 Å². The predicted molar refractivity (Wildman–Crippen MR) is 66.0 cm³/mol. The second kappa shape index (κ2) is 4.84. The molecule has 88 valence electrons. The summed E-state index contributed by atoms with van der Waals surface area (Å²) in [5.74, 6) is -0.606. The minimum atomic E-state index is -0.606. The van der Waals surface area contributed by atoms with Gasteiger partial charge in [0.15, 0.2) is 5.79 Å². The maximum atomic E-state index is 5.91. The van der Waals surface area contributed by atoms with Gasteiger partial charge in [-0.25, -0.2) is 0 Å². The highest BCUT2D eigenvalue weighted by Crippen LogP contribution is 2.37. The average molecular weight is 286 g/mol. The van der Waals surface area contributed by atoms with Crippen molar-refractivity contribution >= 4 is 15.9 Å². The monoisotopic (exact) mass is 285 g/mol. The predicted octanol–water partition coefficient (Wildman–Crippen LogP) is 2.39. The van der Waals surface area contributed by atoms with Crippen molar-refractivity contribution in [3.63, 3.8) is 0 Å². The molecule has 0 aromatic heterocycles. The lowest BCUT2D eigenvalue weighted by atomic mass is 10.0. The van der Waals surface area contributed by atoms with E-state index in [1.807, 2.05) is 24.3 Å². The van der Waals surface area contributed by atoms with E-state index in [0.29, 0.717) is 13.2 Å². The Hall–Kier alpha value is -0.420. The molecular formula is C12H16BrNO2. The van der Waals surface area contributed by atoms with Crippen LogP contribution in [-0.4, -0.2) is 19.3 Å². The zero-order chi connectivity index (χ0) is 11.6. The summed E-state index contributed by atoms with van der Waals surface area (Å²) in [7, 11) is 0. The van der Waals surface area contributed by atoms with Gasteiger partial charge in [0.05, 0.1) is 12.7 Å². The van der Waals surface area contributed by atoms with E-state index in [-0.39, 0.29) is 6.10 Å². The fourth-order valence-electron chi connectivity index (χ4n) is 1.93. The van der Waals surface area contributed by atoms with E-state index in [1.54, 1.807) is 0 Å². The first-order valence-corrected chi connectivity index (χ1v) is 6.27. The highest BCUT2D eigenvalue weighted by atomic mass is 79.9. The Morgan fingerprint density at radius 2 is 2.12 bits per heavy atom. The molecule has 2 atom stereocenters. The van der Waals surface area contributed by atoms with Crippen molar-refractivity contribution in [1.29, 1.82) is 0 Å². The highest BCUT2D eigenvalue weighted by molar-refractivity contribution is 9.10. The summed E-state index contributed by atoms with van der Waals surface area (Å²) >= 11 is 3.42. The van der Waals surface area contributed by atoms with E-state index in [9.17, 15) is 0 Å². The number of ether oxygens (including phenoxy) is 2. The van der Waals surface area contributed by atoms with Gasteiger partial charge in [-0.05, 0) is 12.1 Å². The van der Waals surface area contributed by atoms with Crippen LogP contribution in [0.3, 0.4) is 0 Å². The first-order valence-electron chi connectivity index (χ1n) is 5.48. The normalized spacial score (nSPS) is 29.6. The maximum Gasteiger partial charge on any atom is 0.195 e. The van der Waals surface area contributed by atoms with Gasteiger partial charge in [0.1, 0.15) is 0 Å². The lowest BCUT2D eigenvalue weighted by Gasteiger charge is -2.27. The summed E-state index contributed by atoms with van der Waals surface area (Å²) in [6.07, 6.45) is 0.786. The minimum absolute atomic E-state index is 0.00333. The summed E-state index contributed by atoms with van der Waals surface area (Å²) in [6.45, 7) is 3.12. The van der Waals surface area contributed by atoms with Gasteiger partial charge in [0, 0.05) is 23.0 Å². The highest BCUT2D eigenvalue weighted by Gasteiger charge is 2.41. The molecule has 0 amide bonds. The fourth-order valence-corrected chi connectivity index (χ4v) is 2.19. The van der Waals surface area contributed by atoms with Crippen molar-refractivity contribution in [3.05, 3.63) is 34.3 Å². The molecule has 0 saturated carbocycles. The van der Waals surface area contributed by atoms with Gasteiger partial charge >= 0.3 is 0 Å². The van der Waals surface area contributed by atoms with E-state index < -0.39 is 5.79 Å². The molecule has 1 aromatic carbocycles. The molecule has 0 spiro atoms. The standard InChI is InChI=1S/C12H16BrNO2/c1-2-12(15-8-11(7-14)16-12)9-3-5-10(13)6-4-9/h3-6,11H,2,7-8,14H2,1H3. The van der Waals surface area contributed by atoms with E-state index in [0.717, 1.165) is 16.5 Å². The van der Waals surface area contributed by atoms with Gasteiger partial charge < -0.3 is 15.2 Å². The Balaban J connectivity index is 2.25. The van der Waals surface area contributed by atoms with Gasteiger partial charge in [-0.2, -0.15) is 0 Å². The van der Waals surface area contributed by atoms with Gasteiger partial charge in [-0.15, -0.1) is 0 Å². The van der Waals surface area contributed by atoms with Gasteiger partial charge in [0.25, 0.3) is 0 Å². The SMILES string of the molecule is CCC1(c2ccc(Br)cc2)OCC(CN)O1. The van der Waals surface area contributed by atoms with Crippen LogP contribution in [0.15, 0.2) is 28.7 Å². The van der Waals surface area contributed by atoms with Crippen LogP contribution in [-0.2, 0) is 15.3 Å². The molecule has 0 radical (unpaired) electrons. The Morgan fingerprint density at radius 1 is 1.44 bits per heavy atom. The van der Waals surface area contributed by atoms with Crippen LogP contribution < -0.4 is 5.73 Å². The largest absolute Gasteiger partial charge is 0.343 e. The molecule has 2 N–H and O–H groups in total. The molecule has 1 saturated heterocycles. The quantitative estimate of drug-likeness (QED) is 0.928. The third-order valence-electron chi connectivity index (χ3n) is 2.87. The van der Waals surface area contributed by atoms with Crippen molar-refractivity contribution in [1.82, 2.24) is 0 Å². The number of benzene rings is 1. The molecule has 1 fully saturated rings. The lowest BCUT2D eigenvalue weighted by Crippen LogP contribution is -2.29. The smallest absolute Gasteiger partial charge is 0.195 e. The molecule has 1 heterocycles. The average Bonchev–Trinajstić information content (AvgIpc) is 2.75. The molecule has 1 aliphatic rings. The van der Waals surface area contributed by atoms with Crippen LogP contribution >= 0.6 is 15.9 Å². The summed E-state index contributed by atoms with van der Waals surface area (Å²) in [5, 5.41) is 0. The van der Waals surface area contributed by atoms with Crippen LogP contribution in [0, 0.1) is 0 Å². The van der Waals surface area contributed by atoms with E-state index in [2.05, 4.69) is 22.9 Å².